The topological polar surface area (TPSA) is 98.6 Å². The number of carbonyl (C=O) groups excluding carboxylic acids is 2. The summed E-state index contributed by atoms with van der Waals surface area (Å²) in [5, 5.41) is 11.6. The van der Waals surface area contributed by atoms with Gasteiger partial charge in [0.1, 0.15) is 12.1 Å². The molecule has 5 rings (SSSR count). The molecular formula is C24H25N5O4S. The van der Waals surface area contributed by atoms with E-state index in [-0.39, 0.29) is 11.8 Å². The van der Waals surface area contributed by atoms with E-state index < -0.39 is 16.9 Å². The number of anilines is 2. The van der Waals surface area contributed by atoms with Crippen molar-refractivity contribution in [1.29, 1.82) is 0 Å². The number of nitrogens with one attached hydrogen (secondary N) is 1. The molecule has 1 N–H and O–H groups in total. The van der Waals surface area contributed by atoms with Crippen LogP contribution in [0.4, 0.5) is 11.4 Å². The monoisotopic (exact) mass is 479 g/mol. The van der Waals surface area contributed by atoms with Crippen molar-refractivity contribution in [3.05, 3.63) is 54.4 Å². The molecule has 2 aliphatic rings. The summed E-state index contributed by atoms with van der Waals surface area (Å²) < 4.78 is 13.7. The molecular weight excluding hydrogens is 454 g/mol. The van der Waals surface area contributed by atoms with Gasteiger partial charge >= 0.3 is 0 Å². The molecule has 3 heterocycles. The van der Waals surface area contributed by atoms with Crippen LogP contribution < -0.4 is 19.7 Å². The van der Waals surface area contributed by atoms with Crippen LogP contribution in [0.5, 0.6) is 11.5 Å². The molecule has 0 radical (unpaired) electrons. The molecule has 0 spiro atoms. The van der Waals surface area contributed by atoms with Gasteiger partial charge in [-0.2, -0.15) is 0 Å². The van der Waals surface area contributed by atoms with E-state index in [1.165, 1.54) is 11.8 Å². The van der Waals surface area contributed by atoms with Crippen molar-refractivity contribution < 1.29 is 19.1 Å². The van der Waals surface area contributed by atoms with E-state index in [9.17, 15) is 9.59 Å². The second-order valence-corrected chi connectivity index (χ2v) is 10.0. The highest BCUT2D eigenvalue weighted by Crippen LogP contribution is 2.39. The molecule has 1 aromatic heterocycles. The highest BCUT2D eigenvalue weighted by Gasteiger charge is 2.45. The minimum absolute atomic E-state index is 0.187. The third kappa shape index (κ3) is 3.67. The molecule has 10 heteroatoms. The maximum atomic E-state index is 13.6. The van der Waals surface area contributed by atoms with Gasteiger partial charge in [0.05, 0.1) is 16.6 Å². The second kappa shape index (κ2) is 8.35. The molecule has 2 atom stereocenters. The van der Waals surface area contributed by atoms with Gasteiger partial charge < -0.3 is 19.4 Å². The van der Waals surface area contributed by atoms with Gasteiger partial charge in [-0.05, 0) is 45.0 Å². The van der Waals surface area contributed by atoms with Crippen LogP contribution in [0.2, 0.25) is 0 Å². The van der Waals surface area contributed by atoms with E-state index in [1.807, 2.05) is 61.0 Å². The number of hydrogen-bond donors (Lipinski definition) is 1. The Labute approximate surface area is 201 Å². The summed E-state index contributed by atoms with van der Waals surface area (Å²) in [4.78, 5) is 27.9. The third-order valence-corrected chi connectivity index (χ3v) is 7.14. The number of rotatable bonds is 4. The molecule has 0 bridgehead atoms. The van der Waals surface area contributed by atoms with Crippen molar-refractivity contribution in [2.75, 3.05) is 16.8 Å². The molecule has 34 heavy (non-hydrogen) atoms. The minimum atomic E-state index is -1.04. The third-order valence-electron chi connectivity index (χ3n) is 6.02. The molecule has 0 fully saturated rings. The zero-order chi connectivity index (χ0) is 24.0. The number of hydrogen-bond acceptors (Lipinski definition) is 7. The first kappa shape index (κ1) is 22.3. The lowest BCUT2D eigenvalue weighted by molar-refractivity contribution is -0.126. The molecule has 0 aliphatic carbocycles. The van der Waals surface area contributed by atoms with Gasteiger partial charge in [0.2, 0.25) is 11.8 Å². The zero-order valence-electron chi connectivity index (χ0n) is 19.3. The summed E-state index contributed by atoms with van der Waals surface area (Å²) >= 11 is 1.29. The number of fused-ring (bicyclic) bond motifs is 2. The molecule has 2 aromatic carbocycles. The number of aromatic nitrogens is 3. The lowest BCUT2D eigenvalue weighted by Crippen LogP contribution is -2.60. The standard InChI is InChI=1S/C24H25N5O4S/c1-14(21(30)29-16-10-6-5-9-15(16)25-22(31)24(29,2)3)34-23-27-26-20(28(23)4)19-13-32-17-11-7-8-12-18(17)33-19/h5-12,14,19H,13H2,1-4H3,(H,25,31)/t14-,19+/m0/s1. The normalized spacial score (nSPS) is 19.2. The van der Waals surface area contributed by atoms with Crippen LogP contribution in [0.25, 0.3) is 0 Å². The van der Waals surface area contributed by atoms with Gasteiger partial charge in [0.15, 0.2) is 28.6 Å². The van der Waals surface area contributed by atoms with Gasteiger partial charge in [-0.25, -0.2) is 0 Å². The first-order valence-corrected chi connectivity index (χ1v) is 11.8. The Bertz CT molecular complexity index is 1270. The zero-order valence-corrected chi connectivity index (χ0v) is 20.1. The number of thioether (sulfide) groups is 1. The van der Waals surface area contributed by atoms with Crippen LogP contribution in [0, 0.1) is 0 Å². The van der Waals surface area contributed by atoms with Gasteiger partial charge in [-0.15, -0.1) is 10.2 Å². The molecule has 0 saturated carbocycles. The van der Waals surface area contributed by atoms with Crippen LogP contribution in [0.15, 0.2) is 53.7 Å². The molecule has 176 valence electrons. The number of benzene rings is 2. The lowest BCUT2D eigenvalue weighted by Gasteiger charge is -2.43. The second-order valence-electron chi connectivity index (χ2n) is 8.73. The van der Waals surface area contributed by atoms with E-state index in [4.69, 9.17) is 9.47 Å². The van der Waals surface area contributed by atoms with Gasteiger partial charge in [0, 0.05) is 7.05 Å². The van der Waals surface area contributed by atoms with E-state index in [0.717, 1.165) is 0 Å². The highest BCUT2D eigenvalue weighted by molar-refractivity contribution is 8.00. The Morgan fingerprint density at radius 1 is 1.15 bits per heavy atom. The van der Waals surface area contributed by atoms with E-state index in [2.05, 4.69) is 15.5 Å². The van der Waals surface area contributed by atoms with E-state index in [0.29, 0.717) is 40.5 Å². The van der Waals surface area contributed by atoms with Gasteiger partial charge in [0.25, 0.3) is 0 Å². The van der Waals surface area contributed by atoms with Crippen molar-refractivity contribution in [3.63, 3.8) is 0 Å². The van der Waals surface area contributed by atoms with Gasteiger partial charge in [-0.3, -0.25) is 14.5 Å². The van der Waals surface area contributed by atoms with Crippen LogP contribution >= 0.6 is 11.8 Å². The molecule has 3 aromatic rings. The first-order valence-electron chi connectivity index (χ1n) is 11.0. The summed E-state index contributed by atoms with van der Waals surface area (Å²) in [7, 11) is 1.84. The van der Waals surface area contributed by atoms with Crippen molar-refractivity contribution in [2.24, 2.45) is 7.05 Å². The van der Waals surface area contributed by atoms with Crippen LogP contribution in [-0.2, 0) is 16.6 Å². The van der Waals surface area contributed by atoms with Crippen LogP contribution in [-0.4, -0.2) is 44.0 Å². The van der Waals surface area contributed by atoms with Crippen molar-refractivity contribution in [3.8, 4) is 11.5 Å². The Kier molecular flexibility index (Phi) is 5.47. The van der Waals surface area contributed by atoms with Crippen LogP contribution in [0.1, 0.15) is 32.7 Å². The fourth-order valence-electron chi connectivity index (χ4n) is 4.09. The number of nitrogens with zero attached hydrogens (tertiary/aromatic N) is 4. The predicted molar refractivity (Wildman–Crippen MR) is 128 cm³/mol. The summed E-state index contributed by atoms with van der Waals surface area (Å²) in [6, 6.07) is 14.8. The number of carbonyl (C=O) groups is 2. The Hall–Kier alpha value is -3.53. The fraction of sp³-hybridized carbons (Fsp3) is 0.333. The van der Waals surface area contributed by atoms with E-state index >= 15 is 0 Å². The van der Waals surface area contributed by atoms with Gasteiger partial charge in [-0.1, -0.05) is 36.0 Å². The summed E-state index contributed by atoms with van der Waals surface area (Å²) in [5.41, 5.74) is 0.258. The quantitative estimate of drug-likeness (QED) is 0.571. The highest BCUT2D eigenvalue weighted by atomic mass is 32.2. The Balaban J connectivity index is 1.36. The summed E-state index contributed by atoms with van der Waals surface area (Å²) in [5.74, 6) is 1.55. The van der Waals surface area contributed by atoms with E-state index in [1.54, 1.807) is 24.8 Å². The maximum absolute atomic E-state index is 13.6. The largest absolute Gasteiger partial charge is 0.485 e. The van der Waals surface area contributed by atoms with Crippen LogP contribution in [0.3, 0.4) is 0 Å². The molecule has 2 amide bonds. The number of ether oxygens (including phenoxy) is 2. The minimum Gasteiger partial charge on any atom is -0.485 e. The fourth-order valence-corrected chi connectivity index (χ4v) is 4.95. The molecule has 0 unspecified atom stereocenters. The predicted octanol–water partition coefficient (Wildman–Crippen LogP) is 3.57. The van der Waals surface area contributed by atoms with Crippen molar-refractivity contribution >= 4 is 35.0 Å². The number of para-hydroxylation sites is 4. The molecule has 0 saturated heterocycles. The van der Waals surface area contributed by atoms with Crippen molar-refractivity contribution in [1.82, 2.24) is 14.8 Å². The van der Waals surface area contributed by atoms with Crippen molar-refractivity contribution in [2.45, 2.75) is 42.8 Å². The maximum Gasteiger partial charge on any atom is 0.250 e. The average molecular weight is 480 g/mol. The Morgan fingerprint density at radius 2 is 1.85 bits per heavy atom. The first-order chi connectivity index (χ1) is 16.3. The Morgan fingerprint density at radius 3 is 2.65 bits per heavy atom. The molecule has 2 aliphatic heterocycles. The summed E-state index contributed by atoms with van der Waals surface area (Å²) in [6.07, 6.45) is -0.413. The lowest BCUT2D eigenvalue weighted by atomic mass is 9.96. The SMILES string of the molecule is C[C@H](Sc1nnc([C@H]2COc3ccccc3O2)n1C)C(=O)N1c2ccccc2NC(=O)C1(C)C. The number of amides is 2. The molecule has 9 nitrogen and oxygen atoms in total. The smallest absolute Gasteiger partial charge is 0.250 e. The average Bonchev–Trinajstić information content (AvgIpc) is 3.19. The summed E-state index contributed by atoms with van der Waals surface area (Å²) in [6.45, 7) is 5.61.